The zero-order chi connectivity index (χ0) is 21.2. The number of pyridine rings is 1. The Labute approximate surface area is 185 Å². The molecule has 6 heteroatoms. The number of nitrogens with zero attached hydrogens (tertiary/aromatic N) is 3. The number of nitrogens with one attached hydrogen (secondary N) is 1. The summed E-state index contributed by atoms with van der Waals surface area (Å²) in [6, 6.07) is 12.9. The molecule has 0 bridgehead atoms. The van der Waals surface area contributed by atoms with E-state index in [1.807, 2.05) is 18.5 Å². The Bertz CT molecular complexity index is 1240. The van der Waals surface area contributed by atoms with Gasteiger partial charge in [-0.05, 0) is 61.9 Å². The monoisotopic (exact) mass is 430 g/mol. The molecular formula is C25H26N4OS. The first-order valence-electron chi connectivity index (χ1n) is 10.8. The molecule has 0 radical (unpaired) electrons. The number of hydrogen-bond acceptors (Lipinski definition) is 5. The molecule has 5 rings (SSSR count). The van der Waals surface area contributed by atoms with E-state index in [0.29, 0.717) is 12.6 Å². The molecule has 1 N–H and O–H groups in total. The number of thiophene rings is 1. The summed E-state index contributed by atoms with van der Waals surface area (Å²) in [5.41, 5.74) is 4.91. The molecule has 3 aromatic heterocycles. The van der Waals surface area contributed by atoms with Crippen LogP contribution in [0, 0.1) is 6.92 Å². The molecule has 0 unspecified atom stereocenters. The highest BCUT2D eigenvalue weighted by molar-refractivity contribution is 7.18. The summed E-state index contributed by atoms with van der Waals surface area (Å²) in [6.07, 6.45) is 9.39. The molecule has 31 heavy (non-hydrogen) atoms. The SMILES string of the molecule is Cc1ccc(Cn2cnc3sc4c(c3c2=O)CC[C@H](NCCc2cccnc2)C4)cc1. The fourth-order valence-electron chi connectivity index (χ4n) is 4.34. The largest absolute Gasteiger partial charge is 0.313 e. The van der Waals surface area contributed by atoms with Crippen LogP contribution in [0.4, 0.5) is 0 Å². The fourth-order valence-corrected chi connectivity index (χ4v) is 5.60. The Morgan fingerprint density at radius 2 is 2.06 bits per heavy atom. The molecule has 0 aliphatic heterocycles. The first kappa shape index (κ1) is 20.1. The zero-order valence-corrected chi connectivity index (χ0v) is 18.5. The van der Waals surface area contributed by atoms with Gasteiger partial charge in [-0.15, -0.1) is 11.3 Å². The summed E-state index contributed by atoms with van der Waals surface area (Å²) in [5, 5.41) is 4.53. The van der Waals surface area contributed by atoms with Gasteiger partial charge in [0, 0.05) is 23.3 Å². The van der Waals surface area contributed by atoms with Gasteiger partial charge >= 0.3 is 0 Å². The van der Waals surface area contributed by atoms with Crippen molar-refractivity contribution in [2.45, 2.75) is 45.2 Å². The number of aromatic nitrogens is 3. The summed E-state index contributed by atoms with van der Waals surface area (Å²) < 4.78 is 1.75. The maximum atomic E-state index is 13.3. The molecule has 5 nitrogen and oxygen atoms in total. The van der Waals surface area contributed by atoms with Crippen molar-refractivity contribution in [1.29, 1.82) is 0 Å². The van der Waals surface area contributed by atoms with Crippen molar-refractivity contribution in [3.63, 3.8) is 0 Å². The number of rotatable bonds is 6. The number of fused-ring (bicyclic) bond motifs is 3. The summed E-state index contributed by atoms with van der Waals surface area (Å²) in [5.74, 6) is 0. The first-order chi connectivity index (χ1) is 15.2. The standard InChI is InChI=1S/C25H26N4OS/c1-17-4-6-19(7-5-17)15-29-16-28-24-23(25(29)30)21-9-8-20(13-22(21)31-24)27-12-10-18-3-2-11-26-14-18/h2-7,11,14,16,20,27H,8-10,12-13,15H2,1H3/t20-/m0/s1. The smallest absolute Gasteiger partial charge is 0.262 e. The lowest BCUT2D eigenvalue weighted by Gasteiger charge is -2.23. The molecule has 1 atom stereocenters. The Kier molecular flexibility index (Phi) is 5.66. The summed E-state index contributed by atoms with van der Waals surface area (Å²) in [7, 11) is 0. The van der Waals surface area contributed by atoms with E-state index in [0.717, 1.165) is 48.0 Å². The minimum Gasteiger partial charge on any atom is -0.313 e. The van der Waals surface area contributed by atoms with Crippen molar-refractivity contribution >= 4 is 21.6 Å². The van der Waals surface area contributed by atoms with Gasteiger partial charge in [0.05, 0.1) is 18.3 Å². The average Bonchev–Trinajstić information content (AvgIpc) is 3.16. The predicted molar refractivity (Wildman–Crippen MR) is 126 cm³/mol. The van der Waals surface area contributed by atoms with Crippen LogP contribution < -0.4 is 10.9 Å². The molecule has 0 saturated carbocycles. The Morgan fingerprint density at radius 3 is 2.87 bits per heavy atom. The molecular weight excluding hydrogens is 404 g/mol. The van der Waals surface area contributed by atoms with Crippen molar-refractivity contribution in [3.05, 3.63) is 92.6 Å². The third kappa shape index (κ3) is 4.31. The minimum atomic E-state index is 0.0889. The van der Waals surface area contributed by atoms with Crippen molar-refractivity contribution in [2.75, 3.05) is 6.54 Å². The van der Waals surface area contributed by atoms with Gasteiger partial charge in [0.1, 0.15) is 4.83 Å². The Morgan fingerprint density at radius 1 is 1.19 bits per heavy atom. The molecule has 0 saturated heterocycles. The zero-order valence-electron chi connectivity index (χ0n) is 17.7. The van der Waals surface area contributed by atoms with E-state index in [1.54, 1.807) is 22.2 Å². The highest BCUT2D eigenvalue weighted by Crippen LogP contribution is 2.33. The third-order valence-corrected chi connectivity index (χ3v) is 7.24. The highest BCUT2D eigenvalue weighted by atomic mass is 32.1. The van der Waals surface area contributed by atoms with Crippen LogP contribution in [-0.4, -0.2) is 27.1 Å². The van der Waals surface area contributed by atoms with Crippen LogP contribution in [-0.2, 0) is 25.8 Å². The molecule has 0 amide bonds. The van der Waals surface area contributed by atoms with Crippen LogP contribution in [0.1, 0.15) is 33.6 Å². The second-order valence-corrected chi connectivity index (χ2v) is 9.44. The van der Waals surface area contributed by atoms with Gasteiger partial charge in [-0.2, -0.15) is 0 Å². The Balaban J connectivity index is 1.31. The topological polar surface area (TPSA) is 59.8 Å². The summed E-state index contributed by atoms with van der Waals surface area (Å²) >= 11 is 1.69. The molecule has 1 aliphatic carbocycles. The van der Waals surface area contributed by atoms with Crippen molar-refractivity contribution in [2.24, 2.45) is 0 Å². The van der Waals surface area contributed by atoms with Gasteiger partial charge in [-0.25, -0.2) is 4.98 Å². The predicted octanol–water partition coefficient (Wildman–Crippen LogP) is 3.90. The average molecular weight is 431 g/mol. The molecule has 3 heterocycles. The minimum absolute atomic E-state index is 0.0889. The van der Waals surface area contributed by atoms with Crippen LogP contribution in [0.15, 0.2) is 59.9 Å². The van der Waals surface area contributed by atoms with Crippen LogP contribution >= 0.6 is 11.3 Å². The van der Waals surface area contributed by atoms with E-state index < -0.39 is 0 Å². The molecule has 0 spiro atoms. The van der Waals surface area contributed by atoms with Gasteiger partial charge in [0.15, 0.2) is 0 Å². The maximum Gasteiger partial charge on any atom is 0.262 e. The summed E-state index contributed by atoms with van der Waals surface area (Å²) in [4.78, 5) is 24.3. The summed E-state index contributed by atoms with van der Waals surface area (Å²) in [6.45, 7) is 3.57. The van der Waals surface area contributed by atoms with Crippen molar-refractivity contribution in [1.82, 2.24) is 19.9 Å². The normalized spacial score (nSPS) is 15.8. The van der Waals surface area contributed by atoms with Gasteiger partial charge < -0.3 is 5.32 Å². The second kappa shape index (κ2) is 8.73. The van der Waals surface area contributed by atoms with E-state index in [9.17, 15) is 4.79 Å². The molecule has 4 aromatic rings. The molecule has 1 aromatic carbocycles. The first-order valence-corrected chi connectivity index (χ1v) is 11.7. The second-order valence-electron chi connectivity index (χ2n) is 8.35. The van der Waals surface area contributed by atoms with Crippen LogP contribution in [0.25, 0.3) is 10.2 Å². The Hall–Kier alpha value is -2.83. The number of hydrogen-bond donors (Lipinski definition) is 1. The van der Waals surface area contributed by atoms with E-state index in [1.165, 1.54) is 21.6 Å². The van der Waals surface area contributed by atoms with E-state index in [-0.39, 0.29) is 5.56 Å². The fraction of sp³-hybridized carbons (Fsp3) is 0.320. The lowest BCUT2D eigenvalue weighted by Crippen LogP contribution is -2.35. The highest BCUT2D eigenvalue weighted by Gasteiger charge is 2.25. The maximum absolute atomic E-state index is 13.3. The van der Waals surface area contributed by atoms with E-state index in [2.05, 4.69) is 52.5 Å². The quantitative estimate of drug-likeness (QED) is 0.504. The number of aryl methyl sites for hydroxylation is 2. The number of benzene rings is 1. The van der Waals surface area contributed by atoms with Gasteiger partial charge in [0.2, 0.25) is 0 Å². The van der Waals surface area contributed by atoms with E-state index in [4.69, 9.17) is 0 Å². The molecule has 158 valence electrons. The van der Waals surface area contributed by atoms with Gasteiger partial charge in [0.25, 0.3) is 5.56 Å². The van der Waals surface area contributed by atoms with Gasteiger partial charge in [-0.3, -0.25) is 14.3 Å². The van der Waals surface area contributed by atoms with Crippen molar-refractivity contribution in [3.8, 4) is 0 Å². The molecule has 1 aliphatic rings. The van der Waals surface area contributed by atoms with Crippen LogP contribution in [0.3, 0.4) is 0 Å². The molecule has 0 fully saturated rings. The van der Waals surface area contributed by atoms with Crippen molar-refractivity contribution < 1.29 is 0 Å². The van der Waals surface area contributed by atoms with Crippen LogP contribution in [0.5, 0.6) is 0 Å². The van der Waals surface area contributed by atoms with E-state index >= 15 is 0 Å². The lowest BCUT2D eigenvalue weighted by molar-refractivity contribution is 0.466. The van der Waals surface area contributed by atoms with Gasteiger partial charge in [-0.1, -0.05) is 35.9 Å². The third-order valence-electron chi connectivity index (χ3n) is 6.08. The lowest BCUT2D eigenvalue weighted by atomic mass is 9.93. The van der Waals surface area contributed by atoms with Crippen LogP contribution in [0.2, 0.25) is 0 Å².